The minimum Gasteiger partial charge on any atom is -0.338 e. The van der Waals surface area contributed by atoms with Crippen LogP contribution in [0.4, 0.5) is 4.79 Å². The van der Waals surface area contributed by atoms with Crippen LogP contribution in [0.2, 0.25) is 0 Å². The summed E-state index contributed by atoms with van der Waals surface area (Å²) in [5.74, 6) is 0. The highest BCUT2D eigenvalue weighted by molar-refractivity contribution is 5.74. The molecule has 0 atom stereocenters. The molecule has 0 aromatic rings. The van der Waals surface area contributed by atoms with Crippen LogP contribution in [0.5, 0.6) is 0 Å². The normalized spacial score (nSPS) is 16.7. The summed E-state index contributed by atoms with van der Waals surface area (Å²) < 4.78 is 0. The molecule has 0 aliphatic carbocycles. The van der Waals surface area contributed by atoms with Crippen LogP contribution in [-0.2, 0) is 0 Å². The fraction of sp³-hybridized carbons (Fsp3) is 0.929. The Kier molecular flexibility index (Phi) is 7.81. The summed E-state index contributed by atoms with van der Waals surface area (Å²) in [6.07, 6.45) is 5.90. The minimum atomic E-state index is 0.136. The monoisotopic (exact) mass is 255 g/mol. The summed E-state index contributed by atoms with van der Waals surface area (Å²) in [7, 11) is 0. The van der Waals surface area contributed by atoms with E-state index in [1.165, 1.54) is 12.8 Å². The average Bonchev–Trinajstić information content (AvgIpc) is 2.67. The lowest BCUT2D eigenvalue weighted by molar-refractivity contribution is 0.199. The van der Waals surface area contributed by atoms with Gasteiger partial charge in [-0.05, 0) is 38.9 Å². The summed E-state index contributed by atoms with van der Waals surface area (Å²) in [5, 5.41) is 3.04. The van der Waals surface area contributed by atoms with Crippen molar-refractivity contribution in [2.75, 3.05) is 39.3 Å². The number of carbonyl (C=O) groups is 1. The lowest BCUT2D eigenvalue weighted by atomic mass is 10.2. The Hall–Kier alpha value is -0.770. The van der Waals surface area contributed by atoms with Gasteiger partial charge in [0, 0.05) is 19.6 Å². The predicted octanol–water partition coefficient (Wildman–Crippen LogP) is 2.30. The van der Waals surface area contributed by atoms with Crippen molar-refractivity contribution in [1.82, 2.24) is 15.1 Å². The molecule has 0 radical (unpaired) electrons. The van der Waals surface area contributed by atoms with Crippen molar-refractivity contribution in [1.29, 1.82) is 0 Å². The molecule has 4 heteroatoms. The molecule has 1 aliphatic heterocycles. The second kappa shape index (κ2) is 9.20. The van der Waals surface area contributed by atoms with Crippen LogP contribution < -0.4 is 5.32 Å². The van der Waals surface area contributed by atoms with Crippen LogP contribution >= 0.6 is 0 Å². The molecule has 2 amide bonds. The molecule has 4 nitrogen and oxygen atoms in total. The van der Waals surface area contributed by atoms with E-state index in [9.17, 15) is 4.79 Å². The van der Waals surface area contributed by atoms with E-state index in [0.717, 1.165) is 58.5 Å². The van der Waals surface area contributed by atoms with E-state index in [1.807, 2.05) is 4.90 Å². The number of nitrogens with zero attached hydrogens (tertiary/aromatic N) is 2. The van der Waals surface area contributed by atoms with Gasteiger partial charge in [0.05, 0.1) is 0 Å². The molecule has 1 heterocycles. The van der Waals surface area contributed by atoms with Crippen molar-refractivity contribution in [3.63, 3.8) is 0 Å². The Morgan fingerprint density at radius 1 is 1.11 bits per heavy atom. The van der Waals surface area contributed by atoms with Gasteiger partial charge in [-0.2, -0.15) is 0 Å². The summed E-state index contributed by atoms with van der Waals surface area (Å²) >= 11 is 0. The van der Waals surface area contributed by atoms with Gasteiger partial charge in [0.1, 0.15) is 0 Å². The van der Waals surface area contributed by atoms with E-state index in [4.69, 9.17) is 0 Å². The molecule has 0 bridgehead atoms. The van der Waals surface area contributed by atoms with Gasteiger partial charge >= 0.3 is 6.03 Å². The number of urea groups is 1. The van der Waals surface area contributed by atoms with Gasteiger partial charge in [0.15, 0.2) is 0 Å². The van der Waals surface area contributed by atoms with Crippen LogP contribution in [0.15, 0.2) is 0 Å². The van der Waals surface area contributed by atoms with E-state index in [0.29, 0.717) is 0 Å². The Morgan fingerprint density at radius 3 is 2.28 bits per heavy atom. The zero-order valence-corrected chi connectivity index (χ0v) is 12.1. The van der Waals surface area contributed by atoms with Crippen molar-refractivity contribution < 1.29 is 4.79 Å². The molecular formula is C14H29N3O. The van der Waals surface area contributed by atoms with Crippen LogP contribution in [-0.4, -0.2) is 55.1 Å². The number of carbonyl (C=O) groups excluding carboxylic acids is 1. The van der Waals surface area contributed by atoms with Gasteiger partial charge in [0.25, 0.3) is 0 Å². The molecule has 1 N–H and O–H groups in total. The van der Waals surface area contributed by atoms with Crippen molar-refractivity contribution in [2.45, 2.75) is 46.0 Å². The molecule has 1 fully saturated rings. The third-order valence-electron chi connectivity index (χ3n) is 3.72. The number of likely N-dealkylation sites (tertiary alicyclic amines) is 1. The maximum Gasteiger partial charge on any atom is 0.317 e. The Balaban J connectivity index is 2.12. The van der Waals surface area contributed by atoms with E-state index in [1.54, 1.807) is 0 Å². The largest absolute Gasteiger partial charge is 0.338 e. The molecule has 1 aliphatic rings. The van der Waals surface area contributed by atoms with Crippen molar-refractivity contribution in [3.05, 3.63) is 0 Å². The molecule has 0 aromatic heterocycles. The molecule has 0 unspecified atom stereocenters. The maximum absolute atomic E-state index is 11.9. The van der Waals surface area contributed by atoms with E-state index in [-0.39, 0.29) is 6.03 Å². The molecule has 0 aromatic carbocycles. The van der Waals surface area contributed by atoms with Crippen LogP contribution in [0, 0.1) is 0 Å². The fourth-order valence-corrected chi connectivity index (χ4v) is 2.42. The average molecular weight is 255 g/mol. The first-order valence-corrected chi connectivity index (χ1v) is 7.53. The molecule has 0 saturated carbocycles. The topological polar surface area (TPSA) is 35.6 Å². The SMILES string of the molecule is CCN(CC)CCCNC(=O)N1CCCCCC1. The second-order valence-electron chi connectivity index (χ2n) is 5.01. The second-order valence-corrected chi connectivity index (χ2v) is 5.01. The molecule has 106 valence electrons. The molecule has 0 spiro atoms. The summed E-state index contributed by atoms with van der Waals surface area (Å²) in [4.78, 5) is 16.3. The quantitative estimate of drug-likeness (QED) is 0.739. The first-order chi connectivity index (χ1) is 8.77. The fourth-order valence-electron chi connectivity index (χ4n) is 2.42. The highest BCUT2D eigenvalue weighted by atomic mass is 16.2. The molecule has 1 saturated heterocycles. The zero-order valence-electron chi connectivity index (χ0n) is 12.1. The lowest BCUT2D eigenvalue weighted by Crippen LogP contribution is -2.41. The van der Waals surface area contributed by atoms with Crippen molar-refractivity contribution in [2.24, 2.45) is 0 Å². The summed E-state index contributed by atoms with van der Waals surface area (Å²) in [6.45, 7) is 10.3. The molecule has 18 heavy (non-hydrogen) atoms. The Bertz CT molecular complexity index is 221. The smallest absolute Gasteiger partial charge is 0.317 e. The highest BCUT2D eigenvalue weighted by Crippen LogP contribution is 2.09. The zero-order chi connectivity index (χ0) is 13.2. The number of amides is 2. The third kappa shape index (κ3) is 5.71. The van der Waals surface area contributed by atoms with Gasteiger partial charge in [-0.15, -0.1) is 0 Å². The van der Waals surface area contributed by atoms with Crippen LogP contribution in [0.1, 0.15) is 46.0 Å². The summed E-state index contributed by atoms with van der Waals surface area (Å²) in [5.41, 5.74) is 0. The number of rotatable bonds is 6. The Labute approximate surface area is 112 Å². The van der Waals surface area contributed by atoms with Gasteiger partial charge in [-0.3, -0.25) is 0 Å². The van der Waals surface area contributed by atoms with Gasteiger partial charge in [-0.1, -0.05) is 26.7 Å². The van der Waals surface area contributed by atoms with E-state index < -0.39 is 0 Å². The van der Waals surface area contributed by atoms with Gasteiger partial charge in [-0.25, -0.2) is 4.79 Å². The van der Waals surface area contributed by atoms with E-state index in [2.05, 4.69) is 24.1 Å². The number of hydrogen-bond acceptors (Lipinski definition) is 2. The minimum absolute atomic E-state index is 0.136. The van der Waals surface area contributed by atoms with Crippen LogP contribution in [0.25, 0.3) is 0 Å². The maximum atomic E-state index is 11.9. The lowest BCUT2D eigenvalue weighted by Gasteiger charge is -2.22. The van der Waals surface area contributed by atoms with Crippen molar-refractivity contribution >= 4 is 6.03 Å². The summed E-state index contributed by atoms with van der Waals surface area (Å²) in [6, 6.07) is 0.136. The highest BCUT2D eigenvalue weighted by Gasteiger charge is 2.14. The van der Waals surface area contributed by atoms with Gasteiger partial charge < -0.3 is 15.1 Å². The molecule has 1 rings (SSSR count). The first-order valence-electron chi connectivity index (χ1n) is 7.53. The number of nitrogens with one attached hydrogen (secondary N) is 1. The van der Waals surface area contributed by atoms with Crippen molar-refractivity contribution in [3.8, 4) is 0 Å². The Morgan fingerprint density at radius 2 is 1.72 bits per heavy atom. The predicted molar refractivity (Wildman–Crippen MR) is 75.8 cm³/mol. The van der Waals surface area contributed by atoms with E-state index >= 15 is 0 Å². The van der Waals surface area contributed by atoms with Gasteiger partial charge in [0.2, 0.25) is 0 Å². The first kappa shape index (κ1) is 15.3. The van der Waals surface area contributed by atoms with Crippen LogP contribution in [0.3, 0.4) is 0 Å². The molecular weight excluding hydrogens is 226 g/mol. The standard InChI is InChI=1S/C14H29N3O/c1-3-16(4-2)11-9-10-15-14(18)17-12-7-5-6-8-13-17/h3-13H2,1-2H3,(H,15,18). The number of hydrogen-bond donors (Lipinski definition) is 1. The third-order valence-corrected chi connectivity index (χ3v) is 3.72.